The van der Waals surface area contributed by atoms with Crippen molar-refractivity contribution in [1.82, 2.24) is 9.88 Å². The highest BCUT2D eigenvalue weighted by molar-refractivity contribution is 6.32. The van der Waals surface area contributed by atoms with Crippen molar-refractivity contribution in [2.75, 3.05) is 6.61 Å². The number of pyridine rings is 1. The second-order valence-electron chi connectivity index (χ2n) is 4.80. The van der Waals surface area contributed by atoms with Crippen molar-refractivity contribution in [1.29, 1.82) is 0 Å². The Balaban J connectivity index is 2.22. The number of ether oxygens (including phenoxy) is 1. The molecule has 1 aromatic heterocycles. The van der Waals surface area contributed by atoms with Gasteiger partial charge in [-0.3, -0.25) is 9.78 Å². The molecule has 120 valence electrons. The number of carbonyl (C=O) groups excluding carboxylic acids is 2. The Bertz CT molecular complexity index is 677. The topological polar surface area (TPSA) is 59.5 Å². The lowest BCUT2D eigenvalue weighted by Gasteiger charge is -2.21. The highest BCUT2D eigenvalue weighted by atomic mass is 35.5. The minimum Gasteiger partial charge on any atom is -0.459 e. The molecule has 2 aromatic rings. The lowest BCUT2D eigenvalue weighted by Crippen LogP contribution is -2.37. The van der Waals surface area contributed by atoms with Crippen molar-refractivity contribution in [3.8, 4) is 0 Å². The summed E-state index contributed by atoms with van der Waals surface area (Å²) < 4.78 is 4.81. The van der Waals surface area contributed by atoms with Gasteiger partial charge in [-0.2, -0.15) is 0 Å². The van der Waals surface area contributed by atoms with Gasteiger partial charge in [0.2, 0.25) is 0 Å². The van der Waals surface area contributed by atoms with Crippen molar-refractivity contribution < 1.29 is 14.3 Å². The summed E-state index contributed by atoms with van der Waals surface area (Å²) in [7, 11) is 0. The number of amides is 1. The van der Waals surface area contributed by atoms with E-state index < -0.39 is 11.9 Å². The van der Waals surface area contributed by atoms with Crippen LogP contribution >= 0.6 is 11.6 Å². The van der Waals surface area contributed by atoms with Crippen LogP contribution in [0.25, 0.3) is 0 Å². The maximum Gasteiger partial charge on any atom is 0.397 e. The number of hydrogen-bond acceptors (Lipinski definition) is 4. The summed E-state index contributed by atoms with van der Waals surface area (Å²) in [5.41, 5.74) is 1.43. The molecule has 0 bridgehead atoms. The minimum absolute atomic E-state index is 0.131. The minimum atomic E-state index is -0.879. The Morgan fingerprint density at radius 2 is 1.87 bits per heavy atom. The van der Waals surface area contributed by atoms with Crippen LogP contribution in [0.5, 0.6) is 0 Å². The maximum absolute atomic E-state index is 12.3. The van der Waals surface area contributed by atoms with Crippen LogP contribution in [0.1, 0.15) is 18.2 Å². The van der Waals surface area contributed by atoms with Gasteiger partial charge >= 0.3 is 11.9 Å². The standard InChI is InChI=1S/C17H17ClN2O3/c1-2-23-17(22)16(21)20(11-13-7-4-3-5-8-13)12-15-14(18)9-6-10-19-15/h3-10H,2,11-12H2,1H3. The predicted octanol–water partition coefficient (Wildman–Crippen LogP) is 2.83. The second kappa shape index (κ2) is 8.29. The molecule has 0 atom stereocenters. The SMILES string of the molecule is CCOC(=O)C(=O)N(Cc1ccccc1)Cc1ncccc1Cl. The molecule has 0 saturated heterocycles. The number of rotatable bonds is 5. The first-order chi connectivity index (χ1) is 11.1. The lowest BCUT2D eigenvalue weighted by atomic mass is 10.2. The van der Waals surface area contributed by atoms with Gasteiger partial charge < -0.3 is 9.64 Å². The summed E-state index contributed by atoms with van der Waals surface area (Å²) in [5, 5.41) is 0.447. The van der Waals surface area contributed by atoms with E-state index in [2.05, 4.69) is 4.98 Å². The second-order valence-corrected chi connectivity index (χ2v) is 5.21. The van der Waals surface area contributed by atoms with Crippen LogP contribution < -0.4 is 0 Å². The molecule has 6 heteroatoms. The average molecular weight is 333 g/mol. The molecule has 0 aliphatic heterocycles. The molecule has 0 fully saturated rings. The fourth-order valence-electron chi connectivity index (χ4n) is 2.04. The number of carbonyl (C=O) groups is 2. The van der Waals surface area contributed by atoms with Gasteiger partial charge in [-0.15, -0.1) is 0 Å². The Morgan fingerprint density at radius 1 is 1.13 bits per heavy atom. The van der Waals surface area contributed by atoms with Crippen molar-refractivity contribution in [2.24, 2.45) is 0 Å². The molecule has 2 rings (SSSR count). The van der Waals surface area contributed by atoms with E-state index in [-0.39, 0.29) is 19.7 Å². The fraction of sp³-hybridized carbons (Fsp3) is 0.235. The lowest BCUT2D eigenvalue weighted by molar-refractivity contribution is -0.160. The molecule has 0 spiro atoms. The maximum atomic E-state index is 12.3. The molecule has 0 unspecified atom stereocenters. The van der Waals surface area contributed by atoms with Gasteiger partial charge in [0.25, 0.3) is 0 Å². The Morgan fingerprint density at radius 3 is 2.52 bits per heavy atom. The molecule has 1 heterocycles. The highest BCUT2D eigenvalue weighted by Crippen LogP contribution is 2.16. The summed E-state index contributed by atoms with van der Waals surface area (Å²) >= 11 is 6.10. The summed E-state index contributed by atoms with van der Waals surface area (Å²) in [6.45, 7) is 2.20. The molecule has 0 saturated carbocycles. The Labute approximate surface area is 139 Å². The van der Waals surface area contributed by atoms with Crippen LogP contribution in [0.4, 0.5) is 0 Å². The van der Waals surface area contributed by atoms with E-state index in [1.807, 2.05) is 30.3 Å². The van der Waals surface area contributed by atoms with Gasteiger partial charge in [-0.25, -0.2) is 4.79 Å². The van der Waals surface area contributed by atoms with Crippen LogP contribution in [-0.4, -0.2) is 28.4 Å². The molecule has 0 N–H and O–H groups in total. The Kier molecular flexibility index (Phi) is 6.11. The monoisotopic (exact) mass is 332 g/mol. The van der Waals surface area contributed by atoms with E-state index in [0.29, 0.717) is 10.7 Å². The van der Waals surface area contributed by atoms with Crippen LogP contribution in [0, 0.1) is 0 Å². The van der Waals surface area contributed by atoms with Crippen molar-refractivity contribution in [3.63, 3.8) is 0 Å². The third-order valence-corrected chi connectivity index (χ3v) is 3.47. The third kappa shape index (κ3) is 4.79. The van der Waals surface area contributed by atoms with Crippen LogP contribution in [-0.2, 0) is 27.4 Å². The van der Waals surface area contributed by atoms with E-state index in [4.69, 9.17) is 16.3 Å². The molecule has 5 nitrogen and oxygen atoms in total. The molecular formula is C17H17ClN2O3. The zero-order chi connectivity index (χ0) is 16.7. The van der Waals surface area contributed by atoms with Crippen molar-refractivity contribution in [2.45, 2.75) is 20.0 Å². The highest BCUT2D eigenvalue weighted by Gasteiger charge is 2.24. The Hall–Kier alpha value is -2.40. The van der Waals surface area contributed by atoms with Crippen molar-refractivity contribution >= 4 is 23.5 Å². The first-order valence-corrected chi connectivity index (χ1v) is 7.59. The summed E-state index contributed by atoms with van der Waals surface area (Å²) in [6.07, 6.45) is 1.59. The van der Waals surface area contributed by atoms with E-state index in [9.17, 15) is 9.59 Å². The molecular weight excluding hydrogens is 316 g/mol. The summed E-state index contributed by atoms with van der Waals surface area (Å²) in [4.78, 5) is 29.7. The number of halogens is 1. The van der Waals surface area contributed by atoms with Gasteiger partial charge in [0.1, 0.15) is 0 Å². The molecule has 23 heavy (non-hydrogen) atoms. The number of hydrogen-bond donors (Lipinski definition) is 0. The van der Waals surface area contributed by atoms with Gasteiger partial charge in [-0.05, 0) is 24.6 Å². The normalized spacial score (nSPS) is 10.2. The molecule has 0 aliphatic carbocycles. The van der Waals surface area contributed by atoms with E-state index in [1.54, 1.807) is 25.3 Å². The van der Waals surface area contributed by atoms with Crippen LogP contribution in [0.15, 0.2) is 48.7 Å². The van der Waals surface area contributed by atoms with Gasteiger partial charge in [0, 0.05) is 12.7 Å². The zero-order valence-corrected chi connectivity index (χ0v) is 13.5. The summed E-state index contributed by atoms with van der Waals surface area (Å²) in [5.74, 6) is -1.59. The molecule has 0 aliphatic rings. The van der Waals surface area contributed by atoms with E-state index in [1.165, 1.54) is 4.90 Å². The first-order valence-electron chi connectivity index (χ1n) is 7.21. The van der Waals surface area contributed by atoms with Crippen LogP contribution in [0.2, 0.25) is 5.02 Å². The smallest absolute Gasteiger partial charge is 0.397 e. The molecule has 1 amide bonds. The third-order valence-electron chi connectivity index (χ3n) is 3.13. The predicted molar refractivity (Wildman–Crippen MR) is 86.6 cm³/mol. The van der Waals surface area contributed by atoms with Gasteiger partial charge in [0.05, 0.1) is 23.9 Å². The van der Waals surface area contributed by atoms with E-state index >= 15 is 0 Å². The largest absolute Gasteiger partial charge is 0.459 e. The molecule has 0 radical (unpaired) electrons. The van der Waals surface area contributed by atoms with Crippen molar-refractivity contribution in [3.05, 3.63) is 64.9 Å². The number of nitrogens with zero attached hydrogens (tertiary/aromatic N) is 2. The first kappa shape index (κ1) is 17.0. The fourth-order valence-corrected chi connectivity index (χ4v) is 2.22. The molecule has 1 aromatic carbocycles. The summed E-state index contributed by atoms with van der Waals surface area (Å²) in [6, 6.07) is 12.8. The number of aromatic nitrogens is 1. The average Bonchev–Trinajstić information content (AvgIpc) is 2.56. The zero-order valence-electron chi connectivity index (χ0n) is 12.7. The van der Waals surface area contributed by atoms with E-state index in [0.717, 1.165) is 5.56 Å². The quantitative estimate of drug-likeness (QED) is 0.624. The van der Waals surface area contributed by atoms with Gasteiger partial charge in [-0.1, -0.05) is 41.9 Å². The van der Waals surface area contributed by atoms with Gasteiger partial charge in [0.15, 0.2) is 0 Å². The number of esters is 1. The van der Waals surface area contributed by atoms with Crippen LogP contribution in [0.3, 0.4) is 0 Å². The number of benzene rings is 1.